The van der Waals surface area contributed by atoms with Gasteiger partial charge in [-0.15, -0.1) is 11.3 Å². The first-order valence-electron chi connectivity index (χ1n) is 11.2. The number of likely N-dealkylation sites (N-methyl/N-ethyl adjacent to an activating group) is 1. The lowest BCUT2D eigenvalue weighted by atomic mass is 9.95. The van der Waals surface area contributed by atoms with Crippen LogP contribution in [0.15, 0.2) is 18.2 Å². The van der Waals surface area contributed by atoms with Gasteiger partial charge in [-0.3, -0.25) is 4.79 Å². The van der Waals surface area contributed by atoms with Crippen molar-refractivity contribution in [3.63, 3.8) is 0 Å². The Morgan fingerprint density at radius 3 is 2.38 bits per heavy atom. The maximum atomic E-state index is 13.2. The SMILES string of the molecule is Cc1cc(N2CCN(C)CC2)ccc1NC(=O)c1sc2nc(C(C)(C)C)nc(C)c2c1C. The number of piperazine rings is 1. The van der Waals surface area contributed by atoms with Crippen LogP contribution in [0, 0.1) is 20.8 Å². The zero-order chi connectivity index (χ0) is 23.2. The topological polar surface area (TPSA) is 61.4 Å². The molecular formula is C25H33N5OS. The van der Waals surface area contributed by atoms with Crippen LogP contribution < -0.4 is 10.2 Å². The van der Waals surface area contributed by atoms with E-state index in [-0.39, 0.29) is 11.3 Å². The second-order valence-corrected chi connectivity index (χ2v) is 10.9. The Balaban J connectivity index is 1.59. The third-order valence-corrected chi connectivity index (χ3v) is 7.36. The molecule has 1 aliphatic rings. The van der Waals surface area contributed by atoms with E-state index in [4.69, 9.17) is 9.97 Å². The molecule has 0 radical (unpaired) electrons. The van der Waals surface area contributed by atoms with E-state index in [1.165, 1.54) is 17.0 Å². The molecule has 3 aromatic rings. The number of hydrogen-bond donors (Lipinski definition) is 1. The van der Waals surface area contributed by atoms with Crippen LogP contribution in [0.5, 0.6) is 0 Å². The lowest BCUT2D eigenvalue weighted by Crippen LogP contribution is -2.44. The Morgan fingerprint density at radius 2 is 1.75 bits per heavy atom. The fourth-order valence-corrected chi connectivity index (χ4v) is 5.25. The summed E-state index contributed by atoms with van der Waals surface area (Å²) in [6, 6.07) is 6.30. The summed E-state index contributed by atoms with van der Waals surface area (Å²) < 4.78 is 0. The van der Waals surface area contributed by atoms with Crippen molar-refractivity contribution in [2.45, 2.75) is 47.0 Å². The molecule has 3 heterocycles. The number of carbonyl (C=O) groups excluding carboxylic acids is 1. The second kappa shape index (κ2) is 8.45. The van der Waals surface area contributed by atoms with Crippen molar-refractivity contribution in [3.8, 4) is 0 Å². The van der Waals surface area contributed by atoms with E-state index >= 15 is 0 Å². The van der Waals surface area contributed by atoms with Crippen LogP contribution in [0.25, 0.3) is 10.2 Å². The number of aromatic nitrogens is 2. The van der Waals surface area contributed by atoms with Gasteiger partial charge in [-0.2, -0.15) is 0 Å². The Kier molecular flexibility index (Phi) is 5.98. The summed E-state index contributed by atoms with van der Waals surface area (Å²) in [5.74, 6) is 0.726. The largest absolute Gasteiger partial charge is 0.369 e. The zero-order valence-corrected chi connectivity index (χ0v) is 21.0. The second-order valence-electron chi connectivity index (χ2n) is 9.86. The summed E-state index contributed by atoms with van der Waals surface area (Å²) in [5.41, 5.74) is 4.88. The van der Waals surface area contributed by atoms with Crippen LogP contribution in [0.4, 0.5) is 11.4 Å². The molecule has 1 amide bonds. The highest BCUT2D eigenvalue weighted by molar-refractivity contribution is 7.20. The van der Waals surface area contributed by atoms with Gasteiger partial charge >= 0.3 is 0 Å². The lowest BCUT2D eigenvalue weighted by Gasteiger charge is -2.34. The molecular weight excluding hydrogens is 418 g/mol. The monoisotopic (exact) mass is 451 g/mol. The van der Waals surface area contributed by atoms with E-state index in [1.54, 1.807) is 0 Å². The molecule has 0 aliphatic carbocycles. The molecule has 170 valence electrons. The minimum absolute atomic E-state index is 0.0855. The van der Waals surface area contributed by atoms with Crippen LogP contribution in [-0.2, 0) is 5.41 Å². The fraction of sp³-hybridized carbons (Fsp3) is 0.480. The van der Waals surface area contributed by atoms with Crippen LogP contribution >= 0.6 is 11.3 Å². The first-order chi connectivity index (χ1) is 15.0. The van der Waals surface area contributed by atoms with E-state index in [9.17, 15) is 4.79 Å². The van der Waals surface area contributed by atoms with Gasteiger partial charge in [0.2, 0.25) is 0 Å². The third-order valence-electron chi connectivity index (χ3n) is 6.17. The molecule has 0 saturated carbocycles. The minimum atomic E-state index is -0.137. The van der Waals surface area contributed by atoms with Crippen LogP contribution in [0.3, 0.4) is 0 Å². The Hall–Kier alpha value is -2.51. The maximum Gasteiger partial charge on any atom is 0.266 e. The molecule has 32 heavy (non-hydrogen) atoms. The number of hydrogen-bond acceptors (Lipinski definition) is 6. The lowest BCUT2D eigenvalue weighted by molar-refractivity contribution is 0.103. The van der Waals surface area contributed by atoms with E-state index in [1.807, 2.05) is 19.9 Å². The number of rotatable bonds is 3. The molecule has 0 unspecified atom stereocenters. The van der Waals surface area contributed by atoms with Crippen molar-refractivity contribution >= 4 is 38.8 Å². The number of amides is 1. The average molecular weight is 452 g/mol. The normalized spacial score (nSPS) is 15.4. The van der Waals surface area contributed by atoms with Crippen LogP contribution in [0.1, 0.15) is 53.1 Å². The number of nitrogens with one attached hydrogen (secondary N) is 1. The van der Waals surface area contributed by atoms with Crippen LogP contribution in [0.2, 0.25) is 0 Å². The predicted octanol–water partition coefficient (Wildman–Crippen LogP) is 4.92. The Labute approximate surface area is 194 Å². The van der Waals surface area contributed by atoms with Crippen molar-refractivity contribution in [1.29, 1.82) is 0 Å². The molecule has 1 fully saturated rings. The van der Waals surface area contributed by atoms with E-state index in [0.29, 0.717) is 4.88 Å². The number of thiophene rings is 1. The van der Waals surface area contributed by atoms with Crippen LogP contribution in [-0.4, -0.2) is 54.0 Å². The molecule has 0 spiro atoms. The standard InChI is InChI=1S/C25H33N5OS/c1-15-14-18(30-12-10-29(7)11-13-30)8-9-19(15)27-22(31)21-16(2)20-17(3)26-24(25(4,5)6)28-23(20)32-21/h8-9,14H,10-13H2,1-7H3,(H,27,31). The summed E-state index contributed by atoms with van der Waals surface area (Å²) in [6.07, 6.45) is 0. The van der Waals surface area contributed by atoms with Gasteiger partial charge in [0.05, 0.1) is 10.6 Å². The summed E-state index contributed by atoms with van der Waals surface area (Å²) in [6.45, 7) is 16.6. The van der Waals surface area contributed by atoms with Gasteiger partial charge in [0.15, 0.2) is 0 Å². The number of aryl methyl sites for hydroxylation is 3. The first kappa shape index (κ1) is 22.7. The van der Waals surface area contributed by atoms with Crippen molar-refractivity contribution in [1.82, 2.24) is 14.9 Å². The summed E-state index contributed by atoms with van der Waals surface area (Å²) in [5, 5.41) is 4.12. The Bertz CT molecular complexity index is 1170. The van der Waals surface area contributed by atoms with E-state index in [2.05, 4.69) is 62.0 Å². The molecule has 2 aromatic heterocycles. The first-order valence-corrected chi connectivity index (χ1v) is 12.0. The highest BCUT2D eigenvalue weighted by Gasteiger charge is 2.24. The number of fused-ring (bicyclic) bond motifs is 1. The van der Waals surface area contributed by atoms with E-state index in [0.717, 1.165) is 64.7 Å². The van der Waals surface area contributed by atoms with Gasteiger partial charge in [-0.25, -0.2) is 9.97 Å². The maximum absolute atomic E-state index is 13.2. The van der Waals surface area contributed by atoms with Gasteiger partial charge in [-0.05, 0) is 57.1 Å². The number of anilines is 2. The highest BCUT2D eigenvalue weighted by Crippen LogP contribution is 2.34. The number of carbonyl (C=O) groups is 1. The molecule has 1 N–H and O–H groups in total. The van der Waals surface area contributed by atoms with Gasteiger partial charge in [0, 0.05) is 48.4 Å². The quantitative estimate of drug-likeness (QED) is 0.613. The molecule has 7 heteroatoms. The number of benzene rings is 1. The van der Waals surface area contributed by atoms with E-state index < -0.39 is 0 Å². The average Bonchev–Trinajstić information content (AvgIpc) is 3.06. The summed E-state index contributed by atoms with van der Waals surface area (Å²) in [4.78, 5) is 29.0. The predicted molar refractivity (Wildman–Crippen MR) is 134 cm³/mol. The molecule has 4 rings (SSSR count). The minimum Gasteiger partial charge on any atom is -0.369 e. The third kappa shape index (κ3) is 4.36. The Morgan fingerprint density at radius 1 is 1.06 bits per heavy atom. The van der Waals surface area contributed by atoms with Crippen molar-refractivity contribution in [3.05, 3.63) is 45.7 Å². The molecule has 6 nitrogen and oxygen atoms in total. The zero-order valence-electron chi connectivity index (χ0n) is 20.2. The molecule has 1 aliphatic heterocycles. The molecule has 1 aromatic carbocycles. The van der Waals surface area contributed by atoms with Crippen molar-refractivity contribution in [2.24, 2.45) is 0 Å². The molecule has 1 saturated heterocycles. The molecule has 0 bridgehead atoms. The molecule has 0 atom stereocenters. The smallest absolute Gasteiger partial charge is 0.266 e. The fourth-order valence-electron chi connectivity index (χ4n) is 4.12. The highest BCUT2D eigenvalue weighted by atomic mass is 32.1. The van der Waals surface area contributed by atoms with Crippen molar-refractivity contribution < 1.29 is 4.79 Å². The number of nitrogens with zero attached hydrogens (tertiary/aromatic N) is 4. The summed E-state index contributed by atoms with van der Waals surface area (Å²) in [7, 11) is 2.16. The van der Waals surface area contributed by atoms with Crippen molar-refractivity contribution in [2.75, 3.05) is 43.4 Å². The van der Waals surface area contributed by atoms with Gasteiger partial charge in [0.1, 0.15) is 10.7 Å². The van der Waals surface area contributed by atoms with Gasteiger partial charge in [-0.1, -0.05) is 20.8 Å². The van der Waals surface area contributed by atoms with Gasteiger partial charge < -0.3 is 15.1 Å². The summed E-state index contributed by atoms with van der Waals surface area (Å²) >= 11 is 1.45. The van der Waals surface area contributed by atoms with Gasteiger partial charge in [0.25, 0.3) is 5.91 Å².